The maximum atomic E-state index is 13.2. The van der Waals surface area contributed by atoms with E-state index in [-0.39, 0.29) is 11.2 Å². The van der Waals surface area contributed by atoms with Gasteiger partial charge in [-0.2, -0.15) is 0 Å². The molecule has 3 nitrogen and oxygen atoms in total. The minimum Gasteiger partial charge on any atom is -0.362 e. The zero-order chi connectivity index (χ0) is 17.0. The maximum Gasteiger partial charge on any atom is 0.171 e. The molecule has 0 unspecified atom stereocenters. The normalized spacial score (nSPS) is 15.9. The van der Waals surface area contributed by atoms with Crippen LogP contribution in [0.3, 0.4) is 0 Å². The SMILES string of the molecule is Cc1ccnc(NC(=S)NCC2(c3ccc(F)cc3)CCCC2)c1. The van der Waals surface area contributed by atoms with Gasteiger partial charge in [0.25, 0.3) is 0 Å². The first-order valence-corrected chi connectivity index (χ1v) is 8.72. The Balaban J connectivity index is 1.66. The zero-order valence-electron chi connectivity index (χ0n) is 13.8. The van der Waals surface area contributed by atoms with Gasteiger partial charge in [0.1, 0.15) is 11.6 Å². The second kappa shape index (κ2) is 7.26. The molecule has 1 aromatic heterocycles. The van der Waals surface area contributed by atoms with Crippen LogP contribution in [0.4, 0.5) is 10.2 Å². The van der Waals surface area contributed by atoms with Crippen molar-refractivity contribution in [2.75, 3.05) is 11.9 Å². The van der Waals surface area contributed by atoms with Crippen LogP contribution in [0.2, 0.25) is 0 Å². The van der Waals surface area contributed by atoms with E-state index < -0.39 is 0 Å². The lowest BCUT2D eigenvalue weighted by Gasteiger charge is -2.30. The minimum absolute atomic E-state index is 0.0273. The Hall–Kier alpha value is -2.01. The number of nitrogens with one attached hydrogen (secondary N) is 2. The van der Waals surface area contributed by atoms with E-state index in [1.54, 1.807) is 18.3 Å². The summed E-state index contributed by atoms with van der Waals surface area (Å²) in [4.78, 5) is 4.26. The van der Waals surface area contributed by atoms with E-state index in [0.29, 0.717) is 5.11 Å². The van der Waals surface area contributed by atoms with Crippen molar-refractivity contribution in [3.8, 4) is 0 Å². The van der Waals surface area contributed by atoms with E-state index in [0.717, 1.165) is 30.8 Å². The molecule has 5 heteroatoms. The van der Waals surface area contributed by atoms with Crippen LogP contribution in [0.1, 0.15) is 36.8 Å². The number of aryl methyl sites for hydroxylation is 1. The molecule has 0 atom stereocenters. The van der Waals surface area contributed by atoms with Crippen molar-refractivity contribution >= 4 is 23.1 Å². The highest BCUT2D eigenvalue weighted by Crippen LogP contribution is 2.40. The molecular formula is C19H22FN3S. The number of halogens is 1. The molecule has 2 N–H and O–H groups in total. The number of rotatable bonds is 4. The topological polar surface area (TPSA) is 37.0 Å². The van der Waals surface area contributed by atoms with Gasteiger partial charge in [-0.3, -0.25) is 0 Å². The molecule has 0 aliphatic heterocycles. The third-order valence-corrected chi connectivity index (χ3v) is 5.01. The van der Waals surface area contributed by atoms with Crippen LogP contribution < -0.4 is 10.6 Å². The molecule has 126 valence electrons. The summed E-state index contributed by atoms with van der Waals surface area (Å²) in [7, 11) is 0. The van der Waals surface area contributed by atoms with Gasteiger partial charge in [0.05, 0.1) is 0 Å². The Morgan fingerprint density at radius 2 is 1.92 bits per heavy atom. The second-order valence-electron chi connectivity index (χ2n) is 6.52. The van der Waals surface area contributed by atoms with Crippen molar-refractivity contribution in [1.82, 2.24) is 10.3 Å². The van der Waals surface area contributed by atoms with Gasteiger partial charge in [0.2, 0.25) is 0 Å². The Kier molecular flexibility index (Phi) is 5.09. The van der Waals surface area contributed by atoms with Crippen molar-refractivity contribution in [2.45, 2.75) is 38.0 Å². The summed E-state index contributed by atoms with van der Waals surface area (Å²) in [5.74, 6) is 0.553. The molecule has 24 heavy (non-hydrogen) atoms. The Morgan fingerprint density at radius 1 is 1.21 bits per heavy atom. The van der Waals surface area contributed by atoms with Crippen LogP contribution in [-0.4, -0.2) is 16.6 Å². The lowest BCUT2D eigenvalue weighted by atomic mass is 9.79. The molecule has 1 aliphatic carbocycles. The van der Waals surface area contributed by atoms with Crippen LogP contribution in [0.15, 0.2) is 42.6 Å². The highest BCUT2D eigenvalue weighted by atomic mass is 32.1. The Bertz CT molecular complexity index is 709. The van der Waals surface area contributed by atoms with Crippen molar-refractivity contribution in [2.24, 2.45) is 0 Å². The summed E-state index contributed by atoms with van der Waals surface area (Å²) >= 11 is 5.41. The number of benzene rings is 1. The smallest absolute Gasteiger partial charge is 0.171 e. The standard InChI is InChI=1S/C19H22FN3S/c1-14-8-11-21-17(12-14)23-18(24)22-13-19(9-2-3-10-19)15-4-6-16(20)7-5-15/h4-8,11-12H,2-3,9-10,13H2,1H3,(H2,21,22,23,24). The highest BCUT2D eigenvalue weighted by molar-refractivity contribution is 7.80. The average molecular weight is 343 g/mol. The summed E-state index contributed by atoms with van der Waals surface area (Å²) < 4.78 is 13.2. The van der Waals surface area contributed by atoms with E-state index in [4.69, 9.17) is 12.2 Å². The molecule has 1 aliphatic rings. The molecule has 1 fully saturated rings. The third-order valence-electron chi connectivity index (χ3n) is 4.76. The number of aromatic nitrogens is 1. The molecule has 2 aromatic rings. The average Bonchev–Trinajstić information content (AvgIpc) is 3.04. The van der Waals surface area contributed by atoms with E-state index in [1.165, 1.54) is 18.4 Å². The summed E-state index contributed by atoms with van der Waals surface area (Å²) in [6.07, 6.45) is 6.34. The molecule has 0 bridgehead atoms. The monoisotopic (exact) mass is 343 g/mol. The van der Waals surface area contributed by atoms with E-state index in [2.05, 4.69) is 15.6 Å². The molecule has 0 radical (unpaired) electrons. The van der Waals surface area contributed by atoms with Gasteiger partial charge in [-0.05, 0) is 67.4 Å². The fourth-order valence-corrected chi connectivity index (χ4v) is 3.61. The molecule has 1 saturated carbocycles. The fourth-order valence-electron chi connectivity index (χ4n) is 3.44. The zero-order valence-corrected chi connectivity index (χ0v) is 14.6. The van der Waals surface area contributed by atoms with Crippen molar-refractivity contribution in [1.29, 1.82) is 0 Å². The fraction of sp³-hybridized carbons (Fsp3) is 0.368. The highest BCUT2D eigenvalue weighted by Gasteiger charge is 2.35. The van der Waals surface area contributed by atoms with Gasteiger partial charge >= 0.3 is 0 Å². The molecule has 1 heterocycles. The summed E-state index contributed by atoms with van der Waals surface area (Å²) in [5, 5.41) is 7.04. The van der Waals surface area contributed by atoms with Gasteiger partial charge in [-0.15, -0.1) is 0 Å². The molecule has 0 spiro atoms. The number of nitrogens with zero attached hydrogens (tertiary/aromatic N) is 1. The quantitative estimate of drug-likeness (QED) is 0.811. The van der Waals surface area contributed by atoms with E-state index >= 15 is 0 Å². The predicted molar refractivity (Wildman–Crippen MR) is 99.7 cm³/mol. The Morgan fingerprint density at radius 3 is 2.58 bits per heavy atom. The first-order valence-electron chi connectivity index (χ1n) is 8.31. The number of anilines is 1. The van der Waals surface area contributed by atoms with Crippen molar-refractivity contribution < 1.29 is 4.39 Å². The minimum atomic E-state index is -0.192. The molecule has 1 aromatic carbocycles. The lowest BCUT2D eigenvalue weighted by Crippen LogP contribution is -2.40. The number of thiocarbonyl (C=S) groups is 1. The number of pyridine rings is 1. The summed E-state index contributed by atoms with van der Waals surface area (Å²) in [5.41, 5.74) is 2.35. The van der Waals surface area contributed by atoms with Gasteiger partial charge in [-0.25, -0.2) is 9.37 Å². The number of hydrogen-bond acceptors (Lipinski definition) is 2. The molecule has 3 rings (SSSR count). The first-order chi connectivity index (χ1) is 11.6. The van der Waals surface area contributed by atoms with Gasteiger partial charge in [0, 0.05) is 18.2 Å². The van der Waals surface area contributed by atoms with Gasteiger partial charge < -0.3 is 10.6 Å². The van der Waals surface area contributed by atoms with Crippen LogP contribution in [0.25, 0.3) is 0 Å². The number of hydrogen-bond donors (Lipinski definition) is 2. The maximum absolute atomic E-state index is 13.2. The van der Waals surface area contributed by atoms with Crippen LogP contribution in [0.5, 0.6) is 0 Å². The largest absolute Gasteiger partial charge is 0.362 e. The van der Waals surface area contributed by atoms with E-state index in [9.17, 15) is 4.39 Å². The third kappa shape index (κ3) is 3.90. The molecule has 0 saturated heterocycles. The first kappa shape index (κ1) is 16.8. The Labute approximate surface area is 147 Å². The van der Waals surface area contributed by atoms with Crippen molar-refractivity contribution in [3.63, 3.8) is 0 Å². The summed E-state index contributed by atoms with van der Waals surface area (Å²) in [6, 6.07) is 10.8. The van der Waals surface area contributed by atoms with Crippen LogP contribution in [0, 0.1) is 12.7 Å². The van der Waals surface area contributed by atoms with Crippen molar-refractivity contribution in [3.05, 3.63) is 59.5 Å². The van der Waals surface area contributed by atoms with Crippen LogP contribution in [-0.2, 0) is 5.41 Å². The lowest BCUT2D eigenvalue weighted by molar-refractivity contribution is 0.434. The van der Waals surface area contributed by atoms with Gasteiger partial charge in [0.15, 0.2) is 5.11 Å². The molecule has 0 amide bonds. The second-order valence-corrected chi connectivity index (χ2v) is 6.93. The van der Waals surface area contributed by atoms with E-state index in [1.807, 2.05) is 31.2 Å². The van der Waals surface area contributed by atoms with Crippen LogP contribution >= 0.6 is 12.2 Å². The summed E-state index contributed by atoms with van der Waals surface area (Å²) in [6.45, 7) is 2.77. The van der Waals surface area contributed by atoms with Gasteiger partial charge in [-0.1, -0.05) is 25.0 Å². The molecular weight excluding hydrogens is 321 g/mol. The predicted octanol–water partition coefficient (Wildman–Crippen LogP) is 4.33.